The van der Waals surface area contributed by atoms with Gasteiger partial charge in [0.05, 0.1) is 0 Å². The minimum Gasteiger partial charge on any atom is -0.0885 e. The van der Waals surface area contributed by atoms with E-state index in [9.17, 15) is 0 Å². The zero-order valence-electron chi connectivity index (χ0n) is 5.28. The lowest BCUT2D eigenvalue weighted by Crippen LogP contribution is -1.50. The maximum absolute atomic E-state index is 2.24. The van der Waals surface area contributed by atoms with Gasteiger partial charge in [0.2, 0.25) is 0 Å². The van der Waals surface area contributed by atoms with Crippen LogP contribution in [-0.4, -0.2) is 0 Å². The van der Waals surface area contributed by atoms with Crippen LogP contribution in [0, 0.1) is 0 Å². The molecule has 0 heterocycles. The summed E-state index contributed by atoms with van der Waals surface area (Å²) >= 11 is 0. The normalized spacial score (nSPS) is 15.7. The van der Waals surface area contributed by atoms with E-state index >= 15 is 0 Å². The maximum atomic E-state index is 2.24. The molecule has 7 heavy (non-hydrogen) atoms. The van der Waals surface area contributed by atoms with Gasteiger partial charge in [-0.15, -0.1) is 0 Å². The van der Waals surface area contributed by atoms with Crippen LogP contribution in [0.4, 0.5) is 0 Å². The lowest BCUT2D eigenvalue weighted by atomic mass is 10.4. The molecular weight excluding hydrogens is 84.1 g/mol. The van der Waals surface area contributed by atoms with Gasteiger partial charge in [0.15, 0.2) is 0 Å². The van der Waals surface area contributed by atoms with Crippen LogP contribution in [0.25, 0.3) is 0 Å². The fourth-order valence-corrected chi connectivity index (χ4v) is 0.589. The van der Waals surface area contributed by atoms with E-state index in [4.69, 9.17) is 0 Å². The molecule has 0 aromatic heterocycles. The third-order valence-electron chi connectivity index (χ3n) is 0.908. The third-order valence-corrected chi connectivity index (χ3v) is 0.908. The van der Waals surface area contributed by atoms with Crippen LogP contribution in [0.2, 0.25) is 0 Å². The number of allylic oxidation sites excluding steroid dienone is 2. The summed E-state index contributed by atoms with van der Waals surface area (Å²) in [6.45, 7) is 4.00. The topological polar surface area (TPSA) is 0 Å². The summed E-state index contributed by atoms with van der Waals surface area (Å²) in [7, 11) is 0. The monoisotopic (exact) mass is 98.1 g/mol. The van der Waals surface area contributed by atoms with Crippen LogP contribution < -0.4 is 0 Å². The zero-order chi connectivity index (χ0) is 5.54. The Labute approximate surface area is 46.2 Å². The molecule has 42 valence electrons. The van der Waals surface area contributed by atoms with Gasteiger partial charge < -0.3 is 0 Å². The molecule has 0 aromatic rings. The lowest BCUT2D eigenvalue weighted by Gasteiger charge is -1.69. The molecule has 1 aliphatic rings. The minimum absolute atomic E-state index is 1.32. The Bertz CT molecular complexity index is 38.0. The quantitative estimate of drug-likeness (QED) is 0.409. The highest BCUT2D eigenvalue weighted by Gasteiger charge is 1.84. The van der Waals surface area contributed by atoms with E-state index in [-0.39, 0.29) is 0 Å². The summed E-state index contributed by atoms with van der Waals surface area (Å²) in [5, 5.41) is 0. The van der Waals surface area contributed by atoms with Gasteiger partial charge in [0, 0.05) is 0 Å². The maximum Gasteiger partial charge on any atom is -0.0348 e. The first kappa shape index (κ1) is 6.74. The van der Waals surface area contributed by atoms with Crippen molar-refractivity contribution in [3.63, 3.8) is 0 Å². The Morgan fingerprint density at radius 1 is 1.00 bits per heavy atom. The number of rotatable bonds is 0. The Kier molecular flexibility index (Phi) is 5.53. The predicted molar refractivity (Wildman–Crippen MR) is 34.3 cm³/mol. The van der Waals surface area contributed by atoms with Crippen LogP contribution in [0.15, 0.2) is 12.2 Å². The van der Waals surface area contributed by atoms with Crippen LogP contribution >= 0.6 is 0 Å². The van der Waals surface area contributed by atoms with Gasteiger partial charge in [0.25, 0.3) is 0 Å². The second kappa shape index (κ2) is 5.74. The molecule has 1 rings (SSSR count). The molecule has 0 unspecified atom stereocenters. The van der Waals surface area contributed by atoms with Gasteiger partial charge in [-0.25, -0.2) is 0 Å². The first-order chi connectivity index (χ1) is 3.50. The van der Waals surface area contributed by atoms with E-state index < -0.39 is 0 Å². The van der Waals surface area contributed by atoms with E-state index in [2.05, 4.69) is 12.2 Å². The van der Waals surface area contributed by atoms with Gasteiger partial charge >= 0.3 is 0 Å². The Morgan fingerprint density at radius 3 is 1.57 bits per heavy atom. The second-order valence-electron chi connectivity index (χ2n) is 1.40. The molecule has 1 aliphatic carbocycles. The molecule has 0 amide bonds. The van der Waals surface area contributed by atoms with E-state index in [1.165, 1.54) is 19.3 Å². The molecule has 0 fully saturated rings. The molecular formula is C7H14. The van der Waals surface area contributed by atoms with Crippen molar-refractivity contribution in [3.8, 4) is 0 Å². The van der Waals surface area contributed by atoms with Crippen LogP contribution in [-0.2, 0) is 0 Å². The molecule has 0 aromatic carbocycles. The van der Waals surface area contributed by atoms with Crippen LogP contribution in [0.5, 0.6) is 0 Å². The SMILES string of the molecule is C1=CCCC1.CC. The summed E-state index contributed by atoms with van der Waals surface area (Å²) in [5.41, 5.74) is 0. The largest absolute Gasteiger partial charge is 0.0885 e. The van der Waals surface area contributed by atoms with Crippen molar-refractivity contribution in [2.45, 2.75) is 33.1 Å². The zero-order valence-corrected chi connectivity index (χ0v) is 5.28. The molecule has 0 N–H and O–H groups in total. The third kappa shape index (κ3) is 3.57. The number of hydrogen-bond donors (Lipinski definition) is 0. The summed E-state index contributed by atoms with van der Waals surface area (Å²) < 4.78 is 0. The average Bonchev–Trinajstić information content (AvgIpc) is 2.23. The fourth-order valence-electron chi connectivity index (χ4n) is 0.589. The molecule has 0 aliphatic heterocycles. The first-order valence-electron chi connectivity index (χ1n) is 3.15. The van der Waals surface area contributed by atoms with E-state index in [1.807, 2.05) is 13.8 Å². The van der Waals surface area contributed by atoms with Gasteiger partial charge in [-0.05, 0) is 19.3 Å². The average molecular weight is 98.2 g/mol. The van der Waals surface area contributed by atoms with Crippen molar-refractivity contribution in [2.24, 2.45) is 0 Å². The molecule has 0 spiro atoms. The van der Waals surface area contributed by atoms with E-state index in [0.717, 1.165) is 0 Å². The van der Waals surface area contributed by atoms with Gasteiger partial charge in [0.1, 0.15) is 0 Å². The second-order valence-corrected chi connectivity index (χ2v) is 1.40. The van der Waals surface area contributed by atoms with E-state index in [1.54, 1.807) is 0 Å². The van der Waals surface area contributed by atoms with Gasteiger partial charge in [-0.3, -0.25) is 0 Å². The summed E-state index contributed by atoms with van der Waals surface area (Å²) in [5.74, 6) is 0. The molecule has 0 atom stereocenters. The standard InChI is InChI=1S/C5H8.C2H6/c1-2-4-5-3-1;1-2/h1-2H,3-5H2;1-2H3. The van der Waals surface area contributed by atoms with Crippen molar-refractivity contribution < 1.29 is 0 Å². The van der Waals surface area contributed by atoms with Crippen molar-refractivity contribution in [3.05, 3.63) is 12.2 Å². The Hall–Kier alpha value is -0.260. The lowest BCUT2D eigenvalue weighted by molar-refractivity contribution is 0.929. The molecule has 0 nitrogen and oxygen atoms in total. The smallest absolute Gasteiger partial charge is 0.0348 e. The molecule has 0 bridgehead atoms. The molecule has 0 saturated carbocycles. The van der Waals surface area contributed by atoms with Gasteiger partial charge in [-0.2, -0.15) is 0 Å². The summed E-state index contributed by atoms with van der Waals surface area (Å²) in [4.78, 5) is 0. The fraction of sp³-hybridized carbons (Fsp3) is 0.714. The van der Waals surface area contributed by atoms with Gasteiger partial charge in [-0.1, -0.05) is 26.0 Å². The highest BCUT2D eigenvalue weighted by atomic mass is 13.9. The summed E-state index contributed by atoms with van der Waals surface area (Å²) in [6.07, 6.45) is 8.50. The highest BCUT2D eigenvalue weighted by Crippen LogP contribution is 2.05. The number of hydrogen-bond acceptors (Lipinski definition) is 0. The molecule has 0 heteroatoms. The Balaban J connectivity index is 0.000000162. The van der Waals surface area contributed by atoms with Crippen molar-refractivity contribution in [1.82, 2.24) is 0 Å². The molecule has 0 saturated heterocycles. The molecule has 0 radical (unpaired) electrons. The van der Waals surface area contributed by atoms with Crippen LogP contribution in [0.1, 0.15) is 33.1 Å². The predicted octanol–water partition coefficient (Wildman–Crippen LogP) is 2.75. The van der Waals surface area contributed by atoms with Crippen LogP contribution in [0.3, 0.4) is 0 Å². The van der Waals surface area contributed by atoms with Crippen molar-refractivity contribution in [1.29, 1.82) is 0 Å². The summed E-state index contributed by atoms with van der Waals surface area (Å²) in [6, 6.07) is 0. The highest BCUT2D eigenvalue weighted by molar-refractivity contribution is 4.88. The van der Waals surface area contributed by atoms with E-state index in [0.29, 0.717) is 0 Å². The first-order valence-corrected chi connectivity index (χ1v) is 3.15. The Morgan fingerprint density at radius 2 is 1.43 bits per heavy atom. The van der Waals surface area contributed by atoms with Crippen molar-refractivity contribution >= 4 is 0 Å². The van der Waals surface area contributed by atoms with Crippen molar-refractivity contribution in [2.75, 3.05) is 0 Å². The minimum atomic E-state index is 1.32.